The molecule has 6 heteroatoms. The van der Waals surface area contributed by atoms with Crippen molar-refractivity contribution in [2.24, 2.45) is 0 Å². The van der Waals surface area contributed by atoms with Gasteiger partial charge in [0, 0.05) is 11.3 Å². The van der Waals surface area contributed by atoms with E-state index in [-0.39, 0.29) is 5.91 Å². The molecular weight excluding hydrogens is 224 g/mol. The van der Waals surface area contributed by atoms with Crippen LogP contribution in [0, 0.1) is 6.92 Å². The van der Waals surface area contributed by atoms with Crippen LogP contribution in [0.5, 0.6) is 0 Å². The number of nitrogens with one attached hydrogen (secondary N) is 1. The first kappa shape index (κ1) is 10.6. The van der Waals surface area contributed by atoms with Crippen LogP contribution < -0.4 is 11.1 Å². The third-order valence-electron chi connectivity index (χ3n) is 2.08. The predicted molar refractivity (Wildman–Crippen MR) is 63.5 cm³/mol. The number of benzene rings is 1. The molecule has 1 amide bonds. The van der Waals surface area contributed by atoms with E-state index in [1.165, 1.54) is 11.3 Å². The van der Waals surface area contributed by atoms with Crippen LogP contribution in [0.2, 0.25) is 0 Å². The Morgan fingerprint density at radius 2 is 2.31 bits per heavy atom. The van der Waals surface area contributed by atoms with Gasteiger partial charge in [-0.05, 0) is 30.7 Å². The molecule has 1 aromatic carbocycles. The number of aryl methyl sites for hydroxylation is 1. The van der Waals surface area contributed by atoms with E-state index < -0.39 is 0 Å². The summed E-state index contributed by atoms with van der Waals surface area (Å²) in [7, 11) is 0. The highest BCUT2D eigenvalue weighted by Crippen LogP contribution is 2.15. The Morgan fingerprint density at radius 3 is 2.94 bits per heavy atom. The van der Waals surface area contributed by atoms with E-state index in [0.29, 0.717) is 16.4 Å². The van der Waals surface area contributed by atoms with E-state index in [4.69, 9.17) is 5.73 Å². The molecule has 0 atom stereocenters. The molecule has 0 aliphatic carbocycles. The second-order valence-electron chi connectivity index (χ2n) is 3.27. The van der Waals surface area contributed by atoms with Gasteiger partial charge in [0.05, 0.1) is 0 Å². The molecule has 1 aromatic heterocycles. The lowest BCUT2D eigenvalue weighted by Gasteiger charge is -2.05. The van der Waals surface area contributed by atoms with Gasteiger partial charge in [-0.3, -0.25) is 10.1 Å². The number of nitrogens with zero attached hydrogens (tertiary/aromatic N) is 2. The van der Waals surface area contributed by atoms with E-state index in [0.717, 1.165) is 5.56 Å². The number of anilines is 2. The zero-order valence-corrected chi connectivity index (χ0v) is 9.41. The lowest BCUT2D eigenvalue weighted by molar-refractivity contribution is 0.102. The summed E-state index contributed by atoms with van der Waals surface area (Å²) in [4.78, 5) is 11.8. The smallest absolute Gasteiger partial charge is 0.257 e. The van der Waals surface area contributed by atoms with Crippen LogP contribution in [0.15, 0.2) is 23.7 Å². The summed E-state index contributed by atoms with van der Waals surface area (Å²) in [5.74, 6) is -0.200. The number of hydrogen-bond donors (Lipinski definition) is 2. The van der Waals surface area contributed by atoms with Crippen LogP contribution in [0.25, 0.3) is 0 Å². The molecule has 0 saturated carbocycles. The minimum Gasteiger partial charge on any atom is -0.399 e. The maximum Gasteiger partial charge on any atom is 0.257 e. The maximum absolute atomic E-state index is 11.8. The molecule has 2 aromatic rings. The Morgan fingerprint density at radius 1 is 1.50 bits per heavy atom. The largest absolute Gasteiger partial charge is 0.399 e. The number of amides is 1. The van der Waals surface area contributed by atoms with Gasteiger partial charge in [-0.1, -0.05) is 11.3 Å². The van der Waals surface area contributed by atoms with E-state index >= 15 is 0 Å². The van der Waals surface area contributed by atoms with Crippen molar-refractivity contribution < 1.29 is 4.79 Å². The minimum absolute atomic E-state index is 0.200. The Labute approximate surface area is 96.3 Å². The van der Waals surface area contributed by atoms with Gasteiger partial charge in [-0.15, -0.1) is 10.2 Å². The molecule has 1 heterocycles. The average Bonchev–Trinajstić information content (AvgIpc) is 2.70. The molecule has 0 fully saturated rings. The Hall–Kier alpha value is -1.95. The van der Waals surface area contributed by atoms with Gasteiger partial charge in [0.15, 0.2) is 0 Å². The van der Waals surface area contributed by atoms with E-state index in [1.807, 2.05) is 6.92 Å². The molecule has 0 unspecified atom stereocenters. The minimum atomic E-state index is -0.200. The molecule has 2 rings (SSSR count). The molecule has 0 aliphatic rings. The van der Waals surface area contributed by atoms with Gasteiger partial charge in [-0.25, -0.2) is 0 Å². The van der Waals surface area contributed by atoms with Crippen LogP contribution in [0.1, 0.15) is 15.9 Å². The molecule has 0 bridgehead atoms. The number of hydrogen-bond acceptors (Lipinski definition) is 5. The molecule has 0 spiro atoms. The normalized spacial score (nSPS) is 10.1. The Balaban J connectivity index is 2.21. The van der Waals surface area contributed by atoms with E-state index in [9.17, 15) is 4.79 Å². The first-order valence-electron chi connectivity index (χ1n) is 4.60. The van der Waals surface area contributed by atoms with Gasteiger partial charge in [0.1, 0.15) is 5.51 Å². The summed E-state index contributed by atoms with van der Waals surface area (Å²) >= 11 is 1.28. The molecule has 5 nitrogen and oxygen atoms in total. The standard InChI is InChI=1S/C10H10N4OS/c1-6-4-7(11)2-3-8(6)9(15)13-10-14-12-5-16-10/h2-5H,11H2,1H3,(H,13,14,15). The van der Waals surface area contributed by atoms with Crippen LogP contribution in [-0.2, 0) is 0 Å². The van der Waals surface area contributed by atoms with E-state index in [1.54, 1.807) is 23.7 Å². The molecular formula is C10H10N4OS. The summed E-state index contributed by atoms with van der Waals surface area (Å²) < 4.78 is 0. The zero-order valence-electron chi connectivity index (χ0n) is 8.60. The lowest BCUT2D eigenvalue weighted by atomic mass is 10.1. The van der Waals surface area contributed by atoms with Crippen LogP contribution in [0.4, 0.5) is 10.8 Å². The third-order valence-corrected chi connectivity index (χ3v) is 2.68. The van der Waals surface area contributed by atoms with Gasteiger partial charge < -0.3 is 5.73 Å². The summed E-state index contributed by atoms with van der Waals surface area (Å²) in [5.41, 5.74) is 9.24. The summed E-state index contributed by atoms with van der Waals surface area (Å²) in [6, 6.07) is 5.15. The lowest BCUT2D eigenvalue weighted by Crippen LogP contribution is -2.13. The van der Waals surface area contributed by atoms with Crippen molar-refractivity contribution in [3.8, 4) is 0 Å². The first-order valence-corrected chi connectivity index (χ1v) is 5.48. The molecule has 0 aliphatic heterocycles. The van der Waals surface area contributed by atoms with Crippen molar-refractivity contribution in [1.82, 2.24) is 10.2 Å². The fourth-order valence-corrected chi connectivity index (χ4v) is 1.77. The highest BCUT2D eigenvalue weighted by atomic mass is 32.1. The third kappa shape index (κ3) is 2.17. The summed E-state index contributed by atoms with van der Waals surface area (Å²) in [6.45, 7) is 1.84. The highest BCUT2D eigenvalue weighted by Gasteiger charge is 2.10. The molecule has 0 radical (unpaired) electrons. The second kappa shape index (κ2) is 4.28. The fourth-order valence-electron chi connectivity index (χ4n) is 1.33. The number of carbonyl (C=O) groups is 1. The zero-order chi connectivity index (χ0) is 11.5. The maximum atomic E-state index is 11.8. The second-order valence-corrected chi connectivity index (χ2v) is 4.11. The summed E-state index contributed by atoms with van der Waals surface area (Å²) in [5, 5.41) is 10.5. The molecule has 3 N–H and O–H groups in total. The van der Waals surface area contributed by atoms with Crippen molar-refractivity contribution in [2.75, 3.05) is 11.1 Å². The van der Waals surface area contributed by atoms with Gasteiger partial charge in [0.2, 0.25) is 5.13 Å². The van der Waals surface area contributed by atoms with E-state index in [2.05, 4.69) is 15.5 Å². The SMILES string of the molecule is Cc1cc(N)ccc1C(=O)Nc1nncs1. The monoisotopic (exact) mass is 234 g/mol. The first-order chi connectivity index (χ1) is 7.66. The Bertz CT molecular complexity index is 510. The number of aromatic nitrogens is 2. The predicted octanol–water partition coefficient (Wildman–Crippen LogP) is 1.68. The van der Waals surface area contributed by atoms with Gasteiger partial charge >= 0.3 is 0 Å². The van der Waals surface area contributed by atoms with Crippen molar-refractivity contribution in [2.45, 2.75) is 6.92 Å². The van der Waals surface area contributed by atoms with Gasteiger partial charge in [0.25, 0.3) is 5.91 Å². The number of nitrogen functional groups attached to an aromatic ring is 1. The molecule has 16 heavy (non-hydrogen) atoms. The van der Waals surface area contributed by atoms with Crippen molar-refractivity contribution in [1.29, 1.82) is 0 Å². The van der Waals surface area contributed by atoms with Crippen LogP contribution in [-0.4, -0.2) is 16.1 Å². The summed E-state index contributed by atoms with van der Waals surface area (Å²) in [6.07, 6.45) is 0. The quantitative estimate of drug-likeness (QED) is 0.775. The van der Waals surface area contributed by atoms with Crippen molar-refractivity contribution >= 4 is 28.1 Å². The Kier molecular flexibility index (Phi) is 2.82. The number of rotatable bonds is 2. The highest BCUT2D eigenvalue weighted by molar-refractivity contribution is 7.13. The molecule has 0 saturated heterocycles. The number of nitrogens with two attached hydrogens (primary N) is 1. The van der Waals surface area contributed by atoms with Crippen LogP contribution in [0.3, 0.4) is 0 Å². The van der Waals surface area contributed by atoms with Crippen molar-refractivity contribution in [3.05, 3.63) is 34.8 Å². The van der Waals surface area contributed by atoms with Crippen LogP contribution >= 0.6 is 11.3 Å². The average molecular weight is 234 g/mol. The van der Waals surface area contributed by atoms with Gasteiger partial charge in [-0.2, -0.15) is 0 Å². The topological polar surface area (TPSA) is 80.9 Å². The van der Waals surface area contributed by atoms with Crippen molar-refractivity contribution in [3.63, 3.8) is 0 Å². The number of carbonyl (C=O) groups excluding carboxylic acids is 1. The molecule has 82 valence electrons. The fraction of sp³-hybridized carbons (Fsp3) is 0.100.